The first-order chi connectivity index (χ1) is 16.0. The maximum absolute atomic E-state index is 13.2. The Hall–Kier alpha value is -3.07. The van der Waals surface area contributed by atoms with Crippen molar-refractivity contribution in [3.05, 3.63) is 60.2 Å². The van der Waals surface area contributed by atoms with Crippen molar-refractivity contribution in [1.29, 1.82) is 0 Å². The minimum Gasteiger partial charge on any atom is -0.497 e. The van der Waals surface area contributed by atoms with E-state index in [9.17, 15) is 18.0 Å². The van der Waals surface area contributed by atoms with Crippen LogP contribution in [0, 0.1) is 0 Å². The van der Waals surface area contributed by atoms with Crippen LogP contribution in [0.15, 0.2) is 54.6 Å². The van der Waals surface area contributed by atoms with Gasteiger partial charge in [0.05, 0.1) is 19.1 Å². The molecular formula is C25H35N3O5S. The second-order valence-electron chi connectivity index (χ2n) is 8.49. The third kappa shape index (κ3) is 8.06. The van der Waals surface area contributed by atoms with Gasteiger partial charge in [-0.1, -0.05) is 30.3 Å². The summed E-state index contributed by atoms with van der Waals surface area (Å²) in [6.07, 6.45) is 1.56. The van der Waals surface area contributed by atoms with Crippen LogP contribution in [0.25, 0.3) is 0 Å². The first-order valence-corrected chi connectivity index (χ1v) is 13.1. The zero-order valence-electron chi connectivity index (χ0n) is 20.5. The first-order valence-electron chi connectivity index (χ1n) is 11.3. The van der Waals surface area contributed by atoms with Crippen molar-refractivity contribution in [3.8, 4) is 5.75 Å². The van der Waals surface area contributed by atoms with Crippen molar-refractivity contribution in [2.24, 2.45) is 0 Å². The summed E-state index contributed by atoms with van der Waals surface area (Å²) >= 11 is 0. The molecule has 0 heterocycles. The molecule has 0 aromatic heterocycles. The van der Waals surface area contributed by atoms with Crippen LogP contribution in [0.4, 0.5) is 5.69 Å². The molecule has 0 aliphatic carbocycles. The van der Waals surface area contributed by atoms with Crippen molar-refractivity contribution in [2.75, 3.05) is 24.2 Å². The van der Waals surface area contributed by atoms with Gasteiger partial charge in [0.1, 0.15) is 11.8 Å². The van der Waals surface area contributed by atoms with Crippen LogP contribution in [0.2, 0.25) is 0 Å². The lowest BCUT2D eigenvalue weighted by Crippen LogP contribution is -2.49. The Labute approximate surface area is 202 Å². The number of sulfonamides is 1. The lowest BCUT2D eigenvalue weighted by molar-refractivity contribution is -0.140. The fourth-order valence-corrected chi connectivity index (χ4v) is 4.52. The zero-order valence-corrected chi connectivity index (χ0v) is 21.3. The zero-order chi connectivity index (χ0) is 25.3. The Bertz CT molecular complexity index is 1060. The van der Waals surface area contributed by atoms with Crippen molar-refractivity contribution >= 4 is 27.5 Å². The van der Waals surface area contributed by atoms with Gasteiger partial charge in [-0.2, -0.15) is 0 Å². The molecule has 186 valence electrons. The fourth-order valence-electron chi connectivity index (χ4n) is 3.55. The molecule has 2 rings (SSSR count). The lowest BCUT2D eigenvalue weighted by atomic mass is 10.1. The van der Waals surface area contributed by atoms with E-state index in [0.717, 1.165) is 11.8 Å². The molecule has 2 aromatic carbocycles. The summed E-state index contributed by atoms with van der Waals surface area (Å²) < 4.78 is 31.2. The molecule has 9 heteroatoms. The lowest BCUT2D eigenvalue weighted by Gasteiger charge is -2.30. The molecule has 8 nitrogen and oxygen atoms in total. The Morgan fingerprint density at radius 1 is 1.03 bits per heavy atom. The maximum Gasteiger partial charge on any atom is 0.242 e. The molecule has 34 heavy (non-hydrogen) atoms. The number of para-hydroxylation sites is 1. The number of methoxy groups -OCH3 is 1. The minimum absolute atomic E-state index is 0.0575. The van der Waals surface area contributed by atoms with Gasteiger partial charge in [-0.3, -0.25) is 13.9 Å². The molecule has 0 saturated heterocycles. The van der Waals surface area contributed by atoms with Gasteiger partial charge in [0, 0.05) is 25.6 Å². The van der Waals surface area contributed by atoms with Gasteiger partial charge < -0.3 is 15.0 Å². The quantitative estimate of drug-likeness (QED) is 0.494. The van der Waals surface area contributed by atoms with Gasteiger partial charge in [-0.25, -0.2) is 8.42 Å². The number of nitrogens with one attached hydrogen (secondary N) is 1. The van der Waals surface area contributed by atoms with Gasteiger partial charge in [-0.05, 0) is 57.0 Å². The second-order valence-corrected chi connectivity index (χ2v) is 10.4. The first kappa shape index (κ1) is 27.2. The largest absolute Gasteiger partial charge is 0.497 e. The highest BCUT2D eigenvalue weighted by molar-refractivity contribution is 7.92. The van der Waals surface area contributed by atoms with E-state index < -0.39 is 16.1 Å². The highest BCUT2D eigenvalue weighted by Gasteiger charge is 2.27. The predicted molar refractivity (Wildman–Crippen MR) is 134 cm³/mol. The van der Waals surface area contributed by atoms with Gasteiger partial charge in [0.2, 0.25) is 21.8 Å². The van der Waals surface area contributed by atoms with E-state index in [0.29, 0.717) is 17.9 Å². The smallest absolute Gasteiger partial charge is 0.242 e. The van der Waals surface area contributed by atoms with Gasteiger partial charge in [0.25, 0.3) is 0 Å². The van der Waals surface area contributed by atoms with E-state index in [4.69, 9.17) is 4.74 Å². The van der Waals surface area contributed by atoms with Gasteiger partial charge in [0.15, 0.2) is 0 Å². The van der Waals surface area contributed by atoms with Crippen LogP contribution >= 0.6 is 0 Å². The molecule has 1 N–H and O–H groups in total. The topological polar surface area (TPSA) is 96.0 Å². The number of anilines is 1. The average molecular weight is 490 g/mol. The molecular weight excluding hydrogens is 454 g/mol. The van der Waals surface area contributed by atoms with Crippen LogP contribution in [0.3, 0.4) is 0 Å². The second kappa shape index (κ2) is 12.4. The number of carbonyl (C=O) groups excluding carboxylic acids is 2. The molecule has 0 unspecified atom stereocenters. The highest BCUT2D eigenvalue weighted by atomic mass is 32.2. The summed E-state index contributed by atoms with van der Waals surface area (Å²) in [5, 5.41) is 2.86. The molecule has 0 fully saturated rings. The van der Waals surface area contributed by atoms with Crippen LogP contribution in [0.5, 0.6) is 5.75 Å². The number of ether oxygens (including phenoxy) is 1. The SMILES string of the molecule is COc1cccc(CN(C(=O)CCCN(c2ccccc2)S(C)(=O)=O)[C@H](C)C(=O)NC(C)C)c1. The van der Waals surface area contributed by atoms with E-state index in [1.54, 1.807) is 38.3 Å². The molecule has 1 atom stereocenters. The molecule has 0 aliphatic rings. The fraction of sp³-hybridized carbons (Fsp3) is 0.440. The van der Waals surface area contributed by atoms with E-state index >= 15 is 0 Å². The number of rotatable bonds is 12. The van der Waals surface area contributed by atoms with Crippen molar-refractivity contribution in [3.63, 3.8) is 0 Å². The molecule has 0 radical (unpaired) electrons. The molecule has 0 aliphatic heterocycles. The van der Waals surface area contributed by atoms with Crippen LogP contribution in [0.1, 0.15) is 39.2 Å². The van der Waals surface area contributed by atoms with E-state index in [2.05, 4.69) is 5.32 Å². The minimum atomic E-state index is -3.51. The summed E-state index contributed by atoms with van der Waals surface area (Å²) in [6.45, 7) is 5.82. The third-order valence-electron chi connectivity index (χ3n) is 5.28. The summed E-state index contributed by atoms with van der Waals surface area (Å²) in [4.78, 5) is 27.5. The summed E-state index contributed by atoms with van der Waals surface area (Å²) in [5.41, 5.74) is 1.38. The Kier molecular flexibility index (Phi) is 9.92. The normalized spacial score (nSPS) is 12.2. The standard InChI is InChI=1S/C25H35N3O5S/c1-19(2)26-25(30)20(3)27(18-21-11-9-14-23(17-21)33-4)24(29)15-10-16-28(34(5,31)32)22-12-7-6-8-13-22/h6-9,11-14,17,19-20H,10,15-16,18H2,1-5H3,(H,26,30)/t20-/m1/s1. The average Bonchev–Trinajstić information content (AvgIpc) is 2.79. The number of benzene rings is 2. The number of amides is 2. The van der Waals surface area contributed by atoms with E-state index in [1.807, 2.05) is 44.2 Å². The van der Waals surface area contributed by atoms with Crippen LogP contribution in [-0.2, 0) is 26.2 Å². The van der Waals surface area contributed by atoms with Crippen molar-refractivity contribution in [1.82, 2.24) is 10.2 Å². The van der Waals surface area contributed by atoms with E-state index in [1.165, 1.54) is 9.21 Å². The number of carbonyl (C=O) groups is 2. The Balaban J connectivity index is 2.17. The van der Waals surface area contributed by atoms with Crippen molar-refractivity contribution < 1.29 is 22.7 Å². The molecule has 0 bridgehead atoms. The number of hydrogen-bond donors (Lipinski definition) is 1. The van der Waals surface area contributed by atoms with Crippen LogP contribution in [-0.4, -0.2) is 57.1 Å². The number of nitrogens with zero attached hydrogens (tertiary/aromatic N) is 2. The number of hydrogen-bond acceptors (Lipinski definition) is 5. The molecule has 0 spiro atoms. The molecule has 2 aromatic rings. The summed E-state index contributed by atoms with van der Waals surface area (Å²) in [6, 6.07) is 15.4. The third-order valence-corrected chi connectivity index (χ3v) is 6.48. The predicted octanol–water partition coefficient (Wildman–Crippen LogP) is 3.18. The Morgan fingerprint density at radius 3 is 2.29 bits per heavy atom. The monoisotopic (exact) mass is 489 g/mol. The van der Waals surface area contributed by atoms with Crippen LogP contribution < -0.4 is 14.4 Å². The van der Waals surface area contributed by atoms with Gasteiger partial charge in [-0.15, -0.1) is 0 Å². The van der Waals surface area contributed by atoms with Crippen molar-refractivity contribution in [2.45, 2.75) is 52.2 Å². The van der Waals surface area contributed by atoms with Gasteiger partial charge >= 0.3 is 0 Å². The molecule has 2 amide bonds. The maximum atomic E-state index is 13.2. The molecule has 0 saturated carbocycles. The summed E-state index contributed by atoms with van der Waals surface area (Å²) in [5.74, 6) is 0.194. The Morgan fingerprint density at radius 2 is 1.71 bits per heavy atom. The summed E-state index contributed by atoms with van der Waals surface area (Å²) in [7, 11) is -1.93. The highest BCUT2D eigenvalue weighted by Crippen LogP contribution is 2.20. The van der Waals surface area contributed by atoms with E-state index in [-0.39, 0.29) is 37.4 Å².